The highest BCUT2D eigenvalue weighted by molar-refractivity contribution is 6.65. The molecular weight excluding hydrogens is 281 g/mol. The van der Waals surface area contributed by atoms with Gasteiger partial charge in [0.2, 0.25) is 0 Å². The summed E-state index contributed by atoms with van der Waals surface area (Å²) in [5, 5.41) is 0.904. The van der Waals surface area contributed by atoms with Crippen LogP contribution in [-0.4, -0.2) is 36.4 Å². The SMILES string of the molecule is COC(=O)c1ccc2[nH]cc(B3OC(C)(C)C(C)(C)O3)c2c1. The molecule has 1 aliphatic heterocycles. The van der Waals surface area contributed by atoms with E-state index in [-0.39, 0.29) is 5.97 Å². The summed E-state index contributed by atoms with van der Waals surface area (Å²) >= 11 is 0. The number of ether oxygens (including phenoxy) is 1. The van der Waals surface area contributed by atoms with Gasteiger partial charge >= 0.3 is 13.1 Å². The van der Waals surface area contributed by atoms with Gasteiger partial charge in [0.25, 0.3) is 0 Å². The van der Waals surface area contributed by atoms with Crippen molar-refractivity contribution < 1.29 is 18.8 Å². The van der Waals surface area contributed by atoms with Gasteiger partial charge in [-0.15, -0.1) is 0 Å². The first-order chi connectivity index (χ1) is 10.2. The minimum atomic E-state index is -0.466. The molecule has 1 aromatic heterocycles. The third kappa shape index (κ3) is 2.23. The first-order valence-corrected chi connectivity index (χ1v) is 7.30. The van der Waals surface area contributed by atoms with Crippen LogP contribution in [0.3, 0.4) is 0 Å². The third-order valence-electron chi connectivity index (χ3n) is 4.64. The van der Waals surface area contributed by atoms with E-state index in [1.807, 2.05) is 40.0 Å². The van der Waals surface area contributed by atoms with Crippen LogP contribution in [0, 0.1) is 0 Å². The van der Waals surface area contributed by atoms with Crippen LogP contribution in [0.4, 0.5) is 0 Å². The molecule has 6 heteroatoms. The number of nitrogens with one attached hydrogen (secondary N) is 1. The molecule has 22 heavy (non-hydrogen) atoms. The molecule has 0 radical (unpaired) electrons. The maximum Gasteiger partial charge on any atom is 0.497 e. The van der Waals surface area contributed by atoms with Gasteiger partial charge in [0, 0.05) is 22.6 Å². The normalized spacial score (nSPS) is 19.6. The number of aromatic amines is 1. The van der Waals surface area contributed by atoms with E-state index in [9.17, 15) is 4.79 Å². The fourth-order valence-electron chi connectivity index (χ4n) is 2.55. The summed E-state index contributed by atoms with van der Waals surface area (Å²) in [4.78, 5) is 14.9. The molecule has 1 fully saturated rings. The summed E-state index contributed by atoms with van der Waals surface area (Å²) < 4.78 is 17.0. The molecule has 0 atom stereocenters. The molecule has 3 rings (SSSR count). The maximum absolute atomic E-state index is 11.7. The van der Waals surface area contributed by atoms with Crippen molar-refractivity contribution >= 4 is 29.5 Å². The number of hydrogen-bond donors (Lipinski definition) is 1. The molecule has 116 valence electrons. The largest absolute Gasteiger partial charge is 0.497 e. The summed E-state index contributed by atoms with van der Waals surface area (Å²) in [6.45, 7) is 8.06. The number of benzene rings is 1. The van der Waals surface area contributed by atoms with Gasteiger partial charge in [-0.25, -0.2) is 4.79 Å². The van der Waals surface area contributed by atoms with Crippen molar-refractivity contribution in [2.45, 2.75) is 38.9 Å². The molecule has 2 heterocycles. The predicted octanol–water partition coefficient (Wildman–Crippen LogP) is 2.25. The Balaban J connectivity index is 2.03. The van der Waals surface area contributed by atoms with Crippen molar-refractivity contribution in [3.8, 4) is 0 Å². The van der Waals surface area contributed by atoms with Crippen molar-refractivity contribution in [3.63, 3.8) is 0 Å². The molecule has 0 aliphatic carbocycles. The van der Waals surface area contributed by atoms with Gasteiger partial charge in [0.15, 0.2) is 0 Å². The Morgan fingerprint density at radius 2 is 1.82 bits per heavy atom. The van der Waals surface area contributed by atoms with Crippen LogP contribution in [0.5, 0.6) is 0 Å². The second-order valence-electron chi connectivity index (χ2n) is 6.58. The zero-order valence-corrected chi connectivity index (χ0v) is 13.5. The van der Waals surface area contributed by atoms with E-state index in [0.29, 0.717) is 5.56 Å². The van der Waals surface area contributed by atoms with Crippen LogP contribution in [-0.2, 0) is 14.0 Å². The topological polar surface area (TPSA) is 60.6 Å². The Morgan fingerprint density at radius 1 is 1.18 bits per heavy atom. The molecule has 0 bridgehead atoms. The highest BCUT2D eigenvalue weighted by Crippen LogP contribution is 2.37. The third-order valence-corrected chi connectivity index (χ3v) is 4.64. The molecule has 0 spiro atoms. The number of rotatable bonds is 2. The van der Waals surface area contributed by atoms with E-state index in [2.05, 4.69) is 4.98 Å². The van der Waals surface area contributed by atoms with Gasteiger partial charge in [-0.05, 0) is 45.9 Å². The predicted molar refractivity (Wildman–Crippen MR) is 85.4 cm³/mol. The highest BCUT2D eigenvalue weighted by atomic mass is 16.7. The molecular formula is C16H20BNO4. The first kappa shape index (κ1) is 15.1. The van der Waals surface area contributed by atoms with Gasteiger partial charge < -0.3 is 19.0 Å². The van der Waals surface area contributed by atoms with Crippen LogP contribution in [0.15, 0.2) is 24.4 Å². The fraction of sp³-hybridized carbons (Fsp3) is 0.438. The zero-order valence-electron chi connectivity index (χ0n) is 13.5. The Kier molecular flexibility index (Phi) is 3.34. The number of methoxy groups -OCH3 is 1. The molecule has 5 nitrogen and oxygen atoms in total. The van der Waals surface area contributed by atoms with E-state index < -0.39 is 18.3 Å². The summed E-state index contributed by atoms with van der Waals surface area (Å²) in [5.74, 6) is -0.358. The maximum atomic E-state index is 11.7. The highest BCUT2D eigenvalue weighted by Gasteiger charge is 2.52. The lowest BCUT2D eigenvalue weighted by atomic mass is 9.79. The van der Waals surface area contributed by atoms with Crippen molar-refractivity contribution in [2.24, 2.45) is 0 Å². The average molecular weight is 301 g/mol. The van der Waals surface area contributed by atoms with Gasteiger partial charge in [-0.1, -0.05) is 0 Å². The van der Waals surface area contributed by atoms with Crippen molar-refractivity contribution in [1.82, 2.24) is 4.98 Å². The number of H-pyrrole nitrogens is 1. The fourth-order valence-corrected chi connectivity index (χ4v) is 2.55. The summed E-state index contributed by atoms with van der Waals surface area (Å²) in [7, 11) is 0.908. The van der Waals surface area contributed by atoms with E-state index >= 15 is 0 Å². The number of esters is 1. The van der Waals surface area contributed by atoms with E-state index in [1.165, 1.54) is 7.11 Å². The second kappa shape index (κ2) is 4.86. The minimum absolute atomic E-state index is 0.358. The van der Waals surface area contributed by atoms with Crippen LogP contribution >= 0.6 is 0 Å². The number of hydrogen-bond acceptors (Lipinski definition) is 4. The smallest absolute Gasteiger partial charge is 0.465 e. The van der Waals surface area contributed by atoms with E-state index in [1.54, 1.807) is 12.1 Å². The molecule has 0 amide bonds. The van der Waals surface area contributed by atoms with Crippen LogP contribution in [0.25, 0.3) is 10.9 Å². The monoisotopic (exact) mass is 301 g/mol. The van der Waals surface area contributed by atoms with Gasteiger partial charge in [0.1, 0.15) is 0 Å². The van der Waals surface area contributed by atoms with Crippen molar-refractivity contribution in [1.29, 1.82) is 0 Å². The van der Waals surface area contributed by atoms with Gasteiger partial charge in [0.05, 0.1) is 23.9 Å². The number of carbonyl (C=O) groups is 1. The van der Waals surface area contributed by atoms with Gasteiger partial charge in [-0.2, -0.15) is 0 Å². The van der Waals surface area contributed by atoms with Crippen molar-refractivity contribution in [2.75, 3.05) is 7.11 Å². The summed E-state index contributed by atoms with van der Waals surface area (Å²) in [5.41, 5.74) is 1.52. The quantitative estimate of drug-likeness (QED) is 0.683. The van der Waals surface area contributed by atoms with Crippen LogP contribution < -0.4 is 5.46 Å². The lowest BCUT2D eigenvalue weighted by molar-refractivity contribution is 0.00578. The molecule has 2 aromatic rings. The molecule has 0 saturated carbocycles. The Morgan fingerprint density at radius 3 is 2.41 bits per heavy atom. The molecule has 1 aromatic carbocycles. The summed E-state index contributed by atoms with van der Waals surface area (Å²) in [6, 6.07) is 5.40. The van der Waals surface area contributed by atoms with Gasteiger partial charge in [-0.3, -0.25) is 0 Å². The Hall–Kier alpha value is -1.79. The molecule has 1 aliphatic rings. The lowest BCUT2D eigenvalue weighted by Crippen LogP contribution is -2.41. The van der Waals surface area contributed by atoms with E-state index in [0.717, 1.165) is 16.4 Å². The van der Waals surface area contributed by atoms with Crippen molar-refractivity contribution in [3.05, 3.63) is 30.0 Å². The second-order valence-corrected chi connectivity index (χ2v) is 6.58. The van der Waals surface area contributed by atoms with Crippen LogP contribution in [0.1, 0.15) is 38.1 Å². The molecule has 0 unspecified atom stereocenters. The average Bonchev–Trinajstić information content (AvgIpc) is 2.96. The minimum Gasteiger partial charge on any atom is -0.465 e. The lowest BCUT2D eigenvalue weighted by Gasteiger charge is -2.32. The zero-order chi connectivity index (χ0) is 16.1. The number of aromatic nitrogens is 1. The first-order valence-electron chi connectivity index (χ1n) is 7.30. The Labute approximate surface area is 130 Å². The number of fused-ring (bicyclic) bond motifs is 1. The molecule has 1 N–H and O–H groups in total. The van der Waals surface area contributed by atoms with E-state index in [4.69, 9.17) is 14.0 Å². The van der Waals surface area contributed by atoms with Crippen LogP contribution in [0.2, 0.25) is 0 Å². The number of carbonyl (C=O) groups excluding carboxylic acids is 1. The standard InChI is InChI=1S/C16H20BNO4/c1-15(2)16(3,4)22-17(21-15)12-9-18-13-7-6-10(8-11(12)13)14(19)20-5/h6-9,18H,1-5H3. The summed E-state index contributed by atoms with van der Waals surface area (Å²) in [6.07, 6.45) is 1.87. The Bertz CT molecular complexity index is 719. The molecule has 1 saturated heterocycles.